The fourth-order valence-electron chi connectivity index (χ4n) is 1.25. The second kappa shape index (κ2) is 6.15. The summed E-state index contributed by atoms with van der Waals surface area (Å²) in [5, 5.41) is 0. The van der Waals surface area contributed by atoms with Crippen LogP contribution in [0, 0.1) is 3.57 Å². The summed E-state index contributed by atoms with van der Waals surface area (Å²) in [5.74, 6) is -0.908. The Labute approximate surface area is 107 Å². The zero-order chi connectivity index (χ0) is 12.1. The average molecular weight is 337 g/mol. The van der Waals surface area contributed by atoms with Crippen LogP contribution in [0.25, 0.3) is 0 Å². The van der Waals surface area contributed by atoms with Gasteiger partial charge in [-0.2, -0.15) is 0 Å². The van der Waals surface area contributed by atoms with E-state index < -0.39 is 18.2 Å². The number of nitrogens with two attached hydrogens (primary N) is 1. The highest BCUT2D eigenvalue weighted by Gasteiger charge is 2.27. The van der Waals surface area contributed by atoms with Crippen LogP contribution < -0.4 is 5.73 Å². The molecule has 2 atom stereocenters. The summed E-state index contributed by atoms with van der Waals surface area (Å²) in [4.78, 5) is 11.2. The Morgan fingerprint density at radius 2 is 2.31 bits per heavy atom. The molecule has 0 amide bonds. The van der Waals surface area contributed by atoms with Gasteiger partial charge >= 0.3 is 5.97 Å². The number of ether oxygens (including phenoxy) is 1. The normalized spacial score (nSPS) is 14.2. The molecule has 0 aliphatic rings. The van der Waals surface area contributed by atoms with E-state index in [9.17, 15) is 9.18 Å². The van der Waals surface area contributed by atoms with Crippen molar-refractivity contribution in [2.45, 2.75) is 19.1 Å². The molecule has 16 heavy (non-hydrogen) atoms. The molecule has 0 saturated heterocycles. The van der Waals surface area contributed by atoms with Gasteiger partial charge in [0.15, 0.2) is 0 Å². The fourth-order valence-corrected chi connectivity index (χ4v) is 1.82. The minimum Gasteiger partial charge on any atom is -0.464 e. The van der Waals surface area contributed by atoms with Crippen molar-refractivity contribution in [1.29, 1.82) is 0 Å². The average Bonchev–Trinajstić information content (AvgIpc) is 2.27. The number of halogens is 2. The second-order valence-corrected chi connectivity index (χ2v) is 4.48. The lowest BCUT2D eigenvalue weighted by Gasteiger charge is -2.15. The van der Waals surface area contributed by atoms with Gasteiger partial charge in [-0.1, -0.05) is 12.1 Å². The van der Waals surface area contributed by atoms with Gasteiger partial charge in [0.05, 0.1) is 12.6 Å². The molecule has 1 aromatic rings. The van der Waals surface area contributed by atoms with E-state index in [4.69, 9.17) is 5.73 Å². The minimum atomic E-state index is -1.82. The summed E-state index contributed by atoms with van der Waals surface area (Å²) in [5.41, 5.74) is 6.25. The van der Waals surface area contributed by atoms with Crippen molar-refractivity contribution >= 4 is 28.6 Å². The maximum atomic E-state index is 13.6. The Hall–Kier alpha value is -0.690. The van der Waals surface area contributed by atoms with Crippen LogP contribution in [0.5, 0.6) is 0 Å². The van der Waals surface area contributed by atoms with E-state index in [-0.39, 0.29) is 6.61 Å². The molecule has 2 N–H and O–H groups in total. The zero-order valence-electron chi connectivity index (χ0n) is 8.82. The third-order valence-electron chi connectivity index (χ3n) is 2.06. The summed E-state index contributed by atoms with van der Waals surface area (Å²) >= 11 is 2.10. The van der Waals surface area contributed by atoms with Crippen LogP contribution >= 0.6 is 22.6 Å². The number of esters is 1. The summed E-state index contributed by atoms with van der Waals surface area (Å²) < 4.78 is 19.1. The lowest BCUT2D eigenvalue weighted by Crippen LogP contribution is -2.31. The molecule has 0 radical (unpaired) electrons. The molecule has 0 spiro atoms. The van der Waals surface area contributed by atoms with E-state index in [1.807, 2.05) is 6.07 Å². The first-order valence-corrected chi connectivity index (χ1v) is 5.96. The standard InChI is InChI=1S/C11H13FINO2/c1-2-16-11(15)9(12)10(14)7-4-3-5-8(13)6-7/h3-6,9-10H,2,14H2,1H3/t9?,10-/m1/s1. The Balaban J connectivity index is 2.77. The second-order valence-electron chi connectivity index (χ2n) is 3.23. The molecule has 0 heterocycles. The predicted octanol–water partition coefficient (Wildman–Crippen LogP) is 2.19. The van der Waals surface area contributed by atoms with Gasteiger partial charge in [0.25, 0.3) is 0 Å². The molecule has 0 aliphatic heterocycles. The van der Waals surface area contributed by atoms with E-state index in [1.165, 1.54) is 0 Å². The highest BCUT2D eigenvalue weighted by atomic mass is 127. The third kappa shape index (κ3) is 3.41. The van der Waals surface area contributed by atoms with Crippen molar-refractivity contribution in [2.24, 2.45) is 5.73 Å². The quantitative estimate of drug-likeness (QED) is 0.677. The number of benzene rings is 1. The molecule has 0 fully saturated rings. The lowest BCUT2D eigenvalue weighted by atomic mass is 10.0. The van der Waals surface area contributed by atoms with Crippen molar-refractivity contribution in [3.8, 4) is 0 Å². The summed E-state index contributed by atoms with van der Waals surface area (Å²) in [6.07, 6.45) is -1.82. The van der Waals surface area contributed by atoms with E-state index in [0.717, 1.165) is 3.57 Å². The molecule has 88 valence electrons. The Morgan fingerprint density at radius 3 is 2.88 bits per heavy atom. The molecule has 3 nitrogen and oxygen atoms in total. The maximum absolute atomic E-state index is 13.6. The van der Waals surface area contributed by atoms with Crippen molar-refractivity contribution in [2.75, 3.05) is 6.61 Å². The number of carbonyl (C=O) groups excluding carboxylic acids is 1. The van der Waals surface area contributed by atoms with Crippen LogP contribution in [0.4, 0.5) is 4.39 Å². The largest absolute Gasteiger partial charge is 0.464 e. The Morgan fingerprint density at radius 1 is 1.62 bits per heavy atom. The van der Waals surface area contributed by atoms with Crippen LogP contribution in [-0.4, -0.2) is 18.7 Å². The lowest BCUT2D eigenvalue weighted by molar-refractivity contribution is -0.149. The van der Waals surface area contributed by atoms with Crippen LogP contribution in [0.15, 0.2) is 24.3 Å². The van der Waals surface area contributed by atoms with E-state index >= 15 is 0 Å². The first kappa shape index (κ1) is 13.4. The summed E-state index contributed by atoms with van der Waals surface area (Å²) in [6, 6.07) is 6.10. The van der Waals surface area contributed by atoms with Crippen molar-refractivity contribution < 1.29 is 13.9 Å². The number of hydrogen-bond acceptors (Lipinski definition) is 3. The molecule has 0 saturated carbocycles. The summed E-state index contributed by atoms with van der Waals surface area (Å²) in [7, 11) is 0. The number of hydrogen-bond donors (Lipinski definition) is 1. The third-order valence-corrected chi connectivity index (χ3v) is 2.73. The van der Waals surface area contributed by atoms with Gasteiger partial charge in [0, 0.05) is 3.57 Å². The SMILES string of the molecule is CCOC(=O)C(F)[C@H](N)c1cccc(I)c1. The topological polar surface area (TPSA) is 52.3 Å². The van der Waals surface area contributed by atoms with Gasteiger partial charge in [-0.3, -0.25) is 0 Å². The van der Waals surface area contributed by atoms with Gasteiger partial charge in [-0.25, -0.2) is 9.18 Å². The van der Waals surface area contributed by atoms with Crippen molar-refractivity contribution in [3.05, 3.63) is 33.4 Å². The van der Waals surface area contributed by atoms with E-state index in [0.29, 0.717) is 5.56 Å². The molecular formula is C11H13FINO2. The molecule has 0 aliphatic carbocycles. The van der Waals surface area contributed by atoms with Crippen molar-refractivity contribution in [3.63, 3.8) is 0 Å². The fraction of sp³-hybridized carbons (Fsp3) is 0.364. The highest BCUT2D eigenvalue weighted by Crippen LogP contribution is 2.19. The molecule has 1 aromatic carbocycles. The number of rotatable bonds is 4. The first-order chi connectivity index (χ1) is 7.56. The number of carbonyl (C=O) groups is 1. The van der Waals surface area contributed by atoms with Gasteiger partial charge in [-0.15, -0.1) is 0 Å². The highest BCUT2D eigenvalue weighted by molar-refractivity contribution is 14.1. The number of alkyl halides is 1. The molecular weight excluding hydrogens is 324 g/mol. The van der Waals surface area contributed by atoms with Crippen LogP contribution in [-0.2, 0) is 9.53 Å². The minimum absolute atomic E-state index is 0.151. The first-order valence-electron chi connectivity index (χ1n) is 4.88. The molecule has 0 aromatic heterocycles. The zero-order valence-corrected chi connectivity index (χ0v) is 11.0. The molecule has 1 unspecified atom stereocenters. The van der Waals surface area contributed by atoms with Gasteiger partial charge in [-0.05, 0) is 47.2 Å². The molecule has 1 rings (SSSR count). The molecule has 5 heteroatoms. The van der Waals surface area contributed by atoms with Crippen LogP contribution in [0.2, 0.25) is 0 Å². The Bertz CT molecular complexity index is 373. The van der Waals surface area contributed by atoms with E-state index in [1.54, 1.807) is 25.1 Å². The van der Waals surface area contributed by atoms with E-state index in [2.05, 4.69) is 27.3 Å². The Kier molecular flexibility index (Phi) is 5.14. The van der Waals surface area contributed by atoms with Gasteiger partial charge in [0.2, 0.25) is 6.17 Å². The smallest absolute Gasteiger partial charge is 0.342 e. The van der Waals surface area contributed by atoms with Gasteiger partial charge < -0.3 is 10.5 Å². The predicted molar refractivity (Wildman–Crippen MR) is 67.6 cm³/mol. The van der Waals surface area contributed by atoms with Gasteiger partial charge in [0.1, 0.15) is 0 Å². The summed E-state index contributed by atoms with van der Waals surface area (Å²) in [6.45, 7) is 1.78. The maximum Gasteiger partial charge on any atom is 0.342 e. The van der Waals surface area contributed by atoms with Crippen molar-refractivity contribution in [1.82, 2.24) is 0 Å². The van der Waals surface area contributed by atoms with Crippen LogP contribution in [0.1, 0.15) is 18.5 Å². The van der Waals surface area contributed by atoms with Crippen LogP contribution in [0.3, 0.4) is 0 Å². The molecule has 0 bridgehead atoms. The monoisotopic (exact) mass is 337 g/mol.